The molecule has 0 aliphatic rings. The average molecular weight is 273 g/mol. The quantitative estimate of drug-likeness (QED) is 0.802. The van der Waals surface area contributed by atoms with Crippen LogP contribution in [0.15, 0.2) is 29.4 Å². The van der Waals surface area contributed by atoms with E-state index in [1.807, 2.05) is 0 Å². The smallest absolute Gasteiger partial charge is 0.245 e. The Labute approximate surface area is 107 Å². The van der Waals surface area contributed by atoms with E-state index in [0.29, 0.717) is 0 Å². The van der Waals surface area contributed by atoms with Gasteiger partial charge in [-0.25, -0.2) is 8.42 Å². The molecule has 2 N–H and O–H groups in total. The van der Waals surface area contributed by atoms with Gasteiger partial charge in [0.1, 0.15) is 4.90 Å². The number of rotatable bonds is 5. The standard InChI is InChI=1S/C10H15N3O2S2/c1-8(2)13(7-10(11)16)17(14,15)9-4-3-5-12-6-9/h3-6,8H,7H2,1-2H3,(H2,11,16). The topological polar surface area (TPSA) is 76.3 Å². The average Bonchev–Trinajstić information content (AvgIpc) is 2.26. The lowest BCUT2D eigenvalue weighted by atomic mass is 10.4. The molecule has 0 aliphatic carbocycles. The maximum absolute atomic E-state index is 12.3. The van der Waals surface area contributed by atoms with E-state index < -0.39 is 10.0 Å². The Bertz CT molecular complexity index is 486. The Morgan fingerprint density at radius 3 is 2.65 bits per heavy atom. The van der Waals surface area contributed by atoms with Gasteiger partial charge in [-0.3, -0.25) is 4.98 Å². The van der Waals surface area contributed by atoms with Gasteiger partial charge in [0.05, 0.1) is 11.5 Å². The molecule has 0 spiro atoms. The van der Waals surface area contributed by atoms with Gasteiger partial charge >= 0.3 is 0 Å². The van der Waals surface area contributed by atoms with Gasteiger partial charge in [0.2, 0.25) is 10.0 Å². The molecule has 0 radical (unpaired) electrons. The van der Waals surface area contributed by atoms with Crippen molar-refractivity contribution in [2.75, 3.05) is 6.54 Å². The minimum atomic E-state index is -3.59. The highest BCUT2D eigenvalue weighted by Crippen LogP contribution is 2.16. The molecular weight excluding hydrogens is 258 g/mol. The van der Waals surface area contributed by atoms with Gasteiger partial charge in [-0.1, -0.05) is 12.2 Å². The van der Waals surface area contributed by atoms with Crippen LogP contribution in [0, 0.1) is 0 Å². The van der Waals surface area contributed by atoms with Gasteiger partial charge in [-0.2, -0.15) is 4.31 Å². The highest BCUT2D eigenvalue weighted by molar-refractivity contribution is 7.89. The third kappa shape index (κ3) is 3.45. The van der Waals surface area contributed by atoms with Crippen molar-refractivity contribution in [2.45, 2.75) is 24.8 Å². The Morgan fingerprint density at radius 1 is 1.59 bits per heavy atom. The molecule has 0 saturated carbocycles. The van der Waals surface area contributed by atoms with Gasteiger partial charge in [-0.05, 0) is 26.0 Å². The van der Waals surface area contributed by atoms with Crippen LogP contribution in [0.3, 0.4) is 0 Å². The molecule has 1 aromatic rings. The molecule has 0 aliphatic heterocycles. The molecule has 94 valence electrons. The first-order valence-corrected chi connectivity index (χ1v) is 6.90. The Kier molecular flexibility index (Phi) is 4.55. The van der Waals surface area contributed by atoms with Crippen molar-refractivity contribution in [1.29, 1.82) is 0 Å². The van der Waals surface area contributed by atoms with Gasteiger partial charge in [0.15, 0.2) is 0 Å². The highest BCUT2D eigenvalue weighted by Gasteiger charge is 2.27. The Hall–Kier alpha value is -1.05. The first-order chi connectivity index (χ1) is 7.85. The molecule has 1 aromatic heterocycles. The second kappa shape index (κ2) is 5.52. The van der Waals surface area contributed by atoms with Crippen LogP contribution in [-0.2, 0) is 10.0 Å². The Morgan fingerprint density at radius 2 is 2.24 bits per heavy atom. The molecule has 17 heavy (non-hydrogen) atoms. The molecule has 0 unspecified atom stereocenters. The maximum Gasteiger partial charge on any atom is 0.245 e. The van der Waals surface area contributed by atoms with E-state index in [9.17, 15) is 8.42 Å². The molecule has 7 heteroatoms. The predicted molar refractivity (Wildman–Crippen MR) is 70.1 cm³/mol. The van der Waals surface area contributed by atoms with Gasteiger partial charge in [0, 0.05) is 18.4 Å². The summed E-state index contributed by atoms with van der Waals surface area (Å²) in [6.45, 7) is 3.57. The molecule has 1 rings (SSSR count). The first kappa shape index (κ1) is 14.0. The number of nitrogens with two attached hydrogens (primary N) is 1. The molecular formula is C10H15N3O2S2. The van der Waals surface area contributed by atoms with Crippen molar-refractivity contribution >= 4 is 27.2 Å². The highest BCUT2D eigenvalue weighted by atomic mass is 32.2. The van der Waals surface area contributed by atoms with E-state index in [2.05, 4.69) is 4.98 Å². The molecule has 0 aromatic carbocycles. The SMILES string of the molecule is CC(C)N(CC(N)=S)S(=O)(=O)c1cccnc1. The number of aromatic nitrogens is 1. The summed E-state index contributed by atoms with van der Waals surface area (Å²) in [7, 11) is -3.59. The summed E-state index contributed by atoms with van der Waals surface area (Å²) < 4.78 is 25.8. The van der Waals surface area contributed by atoms with Crippen LogP contribution in [0.4, 0.5) is 0 Å². The zero-order valence-corrected chi connectivity index (χ0v) is 11.3. The van der Waals surface area contributed by atoms with Crippen molar-refractivity contribution < 1.29 is 8.42 Å². The number of hydrogen-bond donors (Lipinski definition) is 1. The van der Waals surface area contributed by atoms with Crippen LogP contribution in [0.25, 0.3) is 0 Å². The third-order valence-electron chi connectivity index (χ3n) is 2.13. The minimum Gasteiger partial charge on any atom is -0.392 e. The van der Waals surface area contributed by atoms with Crippen LogP contribution in [0.5, 0.6) is 0 Å². The fourth-order valence-corrected chi connectivity index (χ4v) is 3.13. The van der Waals surface area contributed by atoms with Gasteiger partial charge < -0.3 is 5.73 Å². The number of pyridine rings is 1. The molecule has 0 bridgehead atoms. The molecule has 0 atom stereocenters. The van der Waals surface area contributed by atoms with Crippen LogP contribution in [-0.4, -0.2) is 35.3 Å². The fraction of sp³-hybridized carbons (Fsp3) is 0.400. The molecule has 0 amide bonds. The lowest BCUT2D eigenvalue weighted by Crippen LogP contribution is -2.42. The summed E-state index contributed by atoms with van der Waals surface area (Å²) in [6, 6.07) is 2.85. The van der Waals surface area contributed by atoms with Crippen molar-refractivity contribution in [3.63, 3.8) is 0 Å². The maximum atomic E-state index is 12.3. The lowest BCUT2D eigenvalue weighted by Gasteiger charge is -2.25. The fourth-order valence-electron chi connectivity index (χ4n) is 1.33. The lowest BCUT2D eigenvalue weighted by molar-refractivity contribution is 0.391. The van der Waals surface area contributed by atoms with Crippen molar-refractivity contribution in [3.05, 3.63) is 24.5 Å². The minimum absolute atomic E-state index is 0.0320. The van der Waals surface area contributed by atoms with Crippen LogP contribution >= 0.6 is 12.2 Å². The molecule has 0 fully saturated rings. The molecule has 5 nitrogen and oxygen atoms in total. The summed E-state index contributed by atoms with van der Waals surface area (Å²) >= 11 is 4.77. The second-order valence-corrected chi connectivity index (χ2v) is 6.21. The van der Waals surface area contributed by atoms with Crippen LogP contribution < -0.4 is 5.73 Å². The van der Waals surface area contributed by atoms with Crippen LogP contribution in [0.1, 0.15) is 13.8 Å². The summed E-state index contributed by atoms with van der Waals surface area (Å²) in [5, 5.41) is 0. The molecule has 0 saturated heterocycles. The Balaban J connectivity index is 3.14. The van der Waals surface area contributed by atoms with Gasteiger partial charge in [0.25, 0.3) is 0 Å². The van der Waals surface area contributed by atoms with E-state index in [-0.39, 0.29) is 22.5 Å². The third-order valence-corrected chi connectivity index (χ3v) is 4.26. The summed E-state index contributed by atoms with van der Waals surface area (Å²) in [4.78, 5) is 4.09. The molecule has 1 heterocycles. The summed E-state index contributed by atoms with van der Waals surface area (Å²) in [5.41, 5.74) is 5.42. The van der Waals surface area contributed by atoms with Crippen molar-refractivity contribution in [3.8, 4) is 0 Å². The number of nitrogens with zero attached hydrogens (tertiary/aromatic N) is 2. The predicted octanol–water partition coefficient (Wildman–Crippen LogP) is 0.767. The largest absolute Gasteiger partial charge is 0.392 e. The number of hydrogen-bond acceptors (Lipinski definition) is 4. The van der Waals surface area contributed by atoms with E-state index in [1.165, 1.54) is 22.8 Å². The van der Waals surface area contributed by atoms with Gasteiger partial charge in [-0.15, -0.1) is 0 Å². The summed E-state index contributed by atoms with van der Waals surface area (Å²) in [6.07, 6.45) is 2.83. The summed E-state index contributed by atoms with van der Waals surface area (Å²) in [5.74, 6) is 0. The van der Waals surface area contributed by atoms with Crippen molar-refractivity contribution in [1.82, 2.24) is 9.29 Å². The van der Waals surface area contributed by atoms with E-state index in [4.69, 9.17) is 18.0 Å². The number of thiocarbonyl (C=S) groups is 1. The zero-order valence-electron chi connectivity index (χ0n) is 9.70. The van der Waals surface area contributed by atoms with E-state index in [1.54, 1.807) is 19.9 Å². The van der Waals surface area contributed by atoms with E-state index >= 15 is 0 Å². The monoisotopic (exact) mass is 273 g/mol. The van der Waals surface area contributed by atoms with Crippen LogP contribution in [0.2, 0.25) is 0 Å². The first-order valence-electron chi connectivity index (χ1n) is 5.06. The second-order valence-electron chi connectivity index (χ2n) is 3.80. The zero-order chi connectivity index (χ0) is 13.1. The normalized spacial score (nSPS) is 12.0. The number of sulfonamides is 1. The van der Waals surface area contributed by atoms with Crippen molar-refractivity contribution in [2.24, 2.45) is 5.73 Å². The van der Waals surface area contributed by atoms with E-state index in [0.717, 1.165) is 0 Å².